The second-order valence-corrected chi connectivity index (χ2v) is 13.3. The van der Waals surface area contributed by atoms with Crippen LogP contribution < -0.4 is 16.0 Å². The number of hydrogen-bond acceptors (Lipinski definition) is 4. The third kappa shape index (κ3) is 7.48. The van der Waals surface area contributed by atoms with Gasteiger partial charge in [-0.1, -0.05) is 24.6 Å². The Bertz CT molecular complexity index is 1670. The summed E-state index contributed by atoms with van der Waals surface area (Å²) >= 11 is 19.9. The molecule has 0 spiro atoms. The zero-order valence-corrected chi connectivity index (χ0v) is 26.2. The standard InChI is InChI=1S/C29H22Cl3F6N3O3S/c1-3-45-12(2)25(42)41-24-19(34)8-9-20(23(24)35)40-26(43)15-11-14(5-6-17(15)30)39-27(44)22-21(28(22,31)32)13-4-7-18(33)16(10-13)29(36,37)38/h4-12,21-22H,3H2,1-2H3,(H,39,44)(H,40,43)(H,41,42)/t12?,21-,22+/m0/s1. The van der Waals surface area contributed by atoms with Crippen LogP contribution in [0.5, 0.6) is 0 Å². The summed E-state index contributed by atoms with van der Waals surface area (Å²) in [5.41, 5.74) is -3.15. The summed E-state index contributed by atoms with van der Waals surface area (Å²) in [4.78, 5) is 38.4. The molecule has 1 aliphatic carbocycles. The SMILES string of the molecule is CCSC(C)C(=O)Nc1c(F)ccc(NC(=O)c2cc(NC(=O)[C@H]3[C@H](c4ccc(F)c(C(F)(F)F)c4)C3(Cl)Cl)ccc2Cl)c1F. The van der Waals surface area contributed by atoms with Crippen LogP contribution in [-0.4, -0.2) is 33.1 Å². The van der Waals surface area contributed by atoms with Crippen LogP contribution in [0.15, 0.2) is 48.5 Å². The lowest BCUT2D eigenvalue weighted by Crippen LogP contribution is -2.24. The first-order chi connectivity index (χ1) is 21.0. The van der Waals surface area contributed by atoms with Gasteiger partial charge in [0.05, 0.1) is 33.0 Å². The van der Waals surface area contributed by atoms with Crippen molar-refractivity contribution in [2.45, 2.75) is 35.5 Å². The molecule has 240 valence electrons. The van der Waals surface area contributed by atoms with E-state index in [9.17, 15) is 36.3 Å². The number of carbonyl (C=O) groups is 3. The highest BCUT2D eigenvalue weighted by atomic mass is 35.5. The van der Waals surface area contributed by atoms with Gasteiger partial charge in [0, 0.05) is 11.6 Å². The molecule has 3 aromatic carbocycles. The molecule has 1 fully saturated rings. The van der Waals surface area contributed by atoms with Crippen LogP contribution in [0.4, 0.5) is 43.4 Å². The fourth-order valence-electron chi connectivity index (χ4n) is 4.52. The molecular weight excluding hydrogens is 691 g/mol. The Balaban J connectivity index is 1.51. The van der Waals surface area contributed by atoms with Crippen molar-refractivity contribution < 1.29 is 40.7 Å². The van der Waals surface area contributed by atoms with Gasteiger partial charge in [0.25, 0.3) is 5.91 Å². The number of halogens is 9. The molecule has 3 N–H and O–H groups in total. The molecule has 3 aromatic rings. The minimum absolute atomic E-state index is 0.00522. The number of nitrogens with one attached hydrogen (secondary N) is 3. The van der Waals surface area contributed by atoms with E-state index < -0.39 is 79.7 Å². The molecule has 0 heterocycles. The molecule has 0 bridgehead atoms. The Morgan fingerprint density at radius 3 is 2.27 bits per heavy atom. The van der Waals surface area contributed by atoms with Gasteiger partial charge in [-0.05, 0) is 60.7 Å². The van der Waals surface area contributed by atoms with Gasteiger partial charge in [-0.25, -0.2) is 13.2 Å². The first-order valence-corrected chi connectivity index (χ1v) is 15.2. The summed E-state index contributed by atoms with van der Waals surface area (Å²) in [7, 11) is 0. The lowest BCUT2D eigenvalue weighted by molar-refractivity contribution is -0.140. The fraction of sp³-hybridized carbons (Fsp3) is 0.276. The molecule has 45 heavy (non-hydrogen) atoms. The third-order valence-corrected chi connectivity index (χ3v) is 9.16. The Hall–Kier alpha value is -3.13. The van der Waals surface area contributed by atoms with E-state index in [1.807, 2.05) is 6.92 Å². The molecule has 16 heteroatoms. The number of alkyl halides is 5. The normalized spacial score (nSPS) is 17.8. The van der Waals surface area contributed by atoms with Crippen molar-refractivity contribution in [3.8, 4) is 0 Å². The molecule has 0 radical (unpaired) electrons. The molecule has 1 saturated carbocycles. The Morgan fingerprint density at radius 1 is 0.956 bits per heavy atom. The fourth-order valence-corrected chi connectivity index (χ4v) is 6.26. The number of anilines is 3. The smallest absolute Gasteiger partial charge is 0.326 e. The topological polar surface area (TPSA) is 87.3 Å². The van der Waals surface area contributed by atoms with E-state index in [0.29, 0.717) is 17.9 Å². The van der Waals surface area contributed by atoms with E-state index in [1.54, 1.807) is 6.92 Å². The number of rotatable bonds is 9. The maximum Gasteiger partial charge on any atom is 0.419 e. The highest BCUT2D eigenvalue weighted by Crippen LogP contribution is 2.65. The summed E-state index contributed by atoms with van der Waals surface area (Å²) < 4.78 is 81.1. The molecule has 0 aromatic heterocycles. The highest BCUT2D eigenvalue weighted by Gasteiger charge is 2.67. The van der Waals surface area contributed by atoms with Crippen LogP contribution in [0, 0.1) is 23.4 Å². The quantitative estimate of drug-likeness (QED) is 0.153. The maximum atomic E-state index is 15.2. The lowest BCUT2D eigenvalue weighted by atomic mass is 10.0. The van der Waals surface area contributed by atoms with Gasteiger partial charge < -0.3 is 16.0 Å². The number of thioether (sulfide) groups is 1. The lowest BCUT2D eigenvalue weighted by Gasteiger charge is -2.15. The average molecular weight is 713 g/mol. The second kappa shape index (κ2) is 13.3. The van der Waals surface area contributed by atoms with Crippen molar-refractivity contribution in [1.82, 2.24) is 0 Å². The van der Waals surface area contributed by atoms with Gasteiger partial charge in [-0.2, -0.15) is 13.2 Å². The van der Waals surface area contributed by atoms with E-state index in [-0.39, 0.29) is 21.8 Å². The largest absolute Gasteiger partial charge is 0.419 e. The number of carbonyl (C=O) groups excluding carboxylic acids is 3. The molecule has 4 rings (SSSR count). The molecule has 1 unspecified atom stereocenters. The van der Waals surface area contributed by atoms with E-state index in [1.165, 1.54) is 23.9 Å². The van der Waals surface area contributed by atoms with E-state index in [0.717, 1.165) is 24.3 Å². The Labute approximate surface area is 272 Å². The molecule has 0 saturated heterocycles. The van der Waals surface area contributed by atoms with Crippen molar-refractivity contribution in [3.63, 3.8) is 0 Å². The number of amides is 3. The van der Waals surface area contributed by atoms with Crippen LogP contribution >= 0.6 is 46.6 Å². The van der Waals surface area contributed by atoms with Crippen molar-refractivity contribution in [3.05, 3.63) is 87.7 Å². The van der Waals surface area contributed by atoms with Crippen LogP contribution in [-0.2, 0) is 15.8 Å². The van der Waals surface area contributed by atoms with Crippen LogP contribution in [0.2, 0.25) is 5.02 Å². The average Bonchev–Trinajstić information content (AvgIpc) is 3.54. The van der Waals surface area contributed by atoms with Gasteiger partial charge >= 0.3 is 6.18 Å². The van der Waals surface area contributed by atoms with Gasteiger partial charge in [0.15, 0.2) is 5.82 Å². The maximum absolute atomic E-state index is 15.2. The van der Waals surface area contributed by atoms with Crippen molar-refractivity contribution in [2.75, 3.05) is 21.7 Å². The van der Waals surface area contributed by atoms with Gasteiger partial charge in [0.2, 0.25) is 11.8 Å². The van der Waals surface area contributed by atoms with Crippen LogP contribution in [0.1, 0.15) is 41.3 Å². The first-order valence-electron chi connectivity index (χ1n) is 13.0. The van der Waals surface area contributed by atoms with Gasteiger partial charge in [0.1, 0.15) is 21.7 Å². The zero-order chi connectivity index (χ0) is 33.4. The number of benzene rings is 3. The van der Waals surface area contributed by atoms with Crippen LogP contribution in [0.3, 0.4) is 0 Å². The first kappa shape index (κ1) is 34.7. The molecule has 3 atom stereocenters. The van der Waals surface area contributed by atoms with Gasteiger partial charge in [-0.3, -0.25) is 14.4 Å². The highest BCUT2D eigenvalue weighted by molar-refractivity contribution is 8.00. The van der Waals surface area contributed by atoms with Crippen LogP contribution in [0.25, 0.3) is 0 Å². The summed E-state index contributed by atoms with van der Waals surface area (Å²) in [6, 6.07) is 7.64. The summed E-state index contributed by atoms with van der Waals surface area (Å²) in [6.45, 7) is 3.38. The third-order valence-electron chi connectivity index (χ3n) is 6.84. The number of hydrogen-bond donors (Lipinski definition) is 3. The summed E-state index contributed by atoms with van der Waals surface area (Å²) in [5, 5.41) is 6.15. The predicted molar refractivity (Wildman–Crippen MR) is 163 cm³/mol. The van der Waals surface area contributed by atoms with Crippen molar-refractivity contribution in [2.24, 2.45) is 5.92 Å². The van der Waals surface area contributed by atoms with E-state index in [4.69, 9.17) is 34.8 Å². The van der Waals surface area contributed by atoms with Gasteiger partial charge in [-0.15, -0.1) is 35.0 Å². The minimum Gasteiger partial charge on any atom is -0.326 e. The van der Waals surface area contributed by atoms with Crippen molar-refractivity contribution >= 4 is 81.3 Å². The second-order valence-electron chi connectivity index (χ2n) is 9.88. The Kier molecular flexibility index (Phi) is 10.3. The summed E-state index contributed by atoms with van der Waals surface area (Å²) in [5.74, 6) is -8.03. The zero-order valence-electron chi connectivity index (χ0n) is 23.1. The van der Waals surface area contributed by atoms with E-state index >= 15 is 4.39 Å². The molecule has 1 aliphatic rings. The van der Waals surface area contributed by atoms with Crippen molar-refractivity contribution in [1.29, 1.82) is 0 Å². The summed E-state index contributed by atoms with van der Waals surface area (Å²) in [6.07, 6.45) is -4.99. The molecular formula is C29H22Cl3F6N3O3S. The minimum atomic E-state index is -4.99. The molecule has 3 amide bonds. The molecule has 0 aliphatic heterocycles. The molecule has 6 nitrogen and oxygen atoms in total. The Morgan fingerprint density at radius 2 is 1.62 bits per heavy atom. The monoisotopic (exact) mass is 711 g/mol. The van der Waals surface area contributed by atoms with E-state index in [2.05, 4.69) is 16.0 Å². The predicted octanol–water partition coefficient (Wildman–Crippen LogP) is 8.63.